The van der Waals surface area contributed by atoms with E-state index in [-0.39, 0.29) is 6.04 Å². The topological polar surface area (TPSA) is 58.6 Å². The molecule has 1 amide bonds. The van der Waals surface area contributed by atoms with E-state index in [9.17, 15) is 9.90 Å². The van der Waals surface area contributed by atoms with Crippen LogP contribution in [0.5, 0.6) is 0 Å². The second-order valence-electron chi connectivity index (χ2n) is 5.81. The molecule has 0 radical (unpaired) electrons. The molecule has 1 aromatic rings. The normalized spacial score (nSPS) is 24.0. The summed E-state index contributed by atoms with van der Waals surface area (Å²) in [5, 5.41) is 13.4. The highest BCUT2D eigenvalue weighted by molar-refractivity contribution is 5.67. The zero-order chi connectivity index (χ0) is 16.0. The first-order valence-electron chi connectivity index (χ1n) is 7.76. The van der Waals surface area contributed by atoms with Gasteiger partial charge in [0.25, 0.3) is 0 Å². The Morgan fingerprint density at radius 1 is 1.55 bits per heavy atom. The first kappa shape index (κ1) is 16.4. The van der Waals surface area contributed by atoms with Crippen molar-refractivity contribution in [3.05, 3.63) is 35.4 Å². The largest absolute Gasteiger partial charge is 0.450 e. The van der Waals surface area contributed by atoms with Gasteiger partial charge in [0.05, 0.1) is 6.61 Å². The molecule has 4 nitrogen and oxygen atoms in total. The van der Waals surface area contributed by atoms with Crippen LogP contribution in [0.2, 0.25) is 0 Å². The van der Waals surface area contributed by atoms with Gasteiger partial charge < -0.3 is 15.2 Å². The van der Waals surface area contributed by atoms with Crippen LogP contribution in [0.1, 0.15) is 43.7 Å². The predicted molar refractivity (Wildman–Crippen MR) is 85.4 cm³/mol. The summed E-state index contributed by atoms with van der Waals surface area (Å²) in [6, 6.07) is 7.80. The van der Waals surface area contributed by atoms with Crippen molar-refractivity contribution in [2.75, 3.05) is 6.61 Å². The summed E-state index contributed by atoms with van der Waals surface area (Å²) in [5.74, 6) is 6.04. The van der Waals surface area contributed by atoms with Crippen LogP contribution in [-0.2, 0) is 4.74 Å². The Kier molecular flexibility index (Phi) is 5.46. The summed E-state index contributed by atoms with van der Waals surface area (Å²) >= 11 is 0. The molecular weight excluding hydrogens is 278 g/mol. The van der Waals surface area contributed by atoms with Gasteiger partial charge in [-0.3, -0.25) is 0 Å². The van der Waals surface area contributed by atoms with Crippen LogP contribution < -0.4 is 5.32 Å². The van der Waals surface area contributed by atoms with Crippen molar-refractivity contribution >= 4 is 6.09 Å². The first-order chi connectivity index (χ1) is 10.5. The molecule has 118 valence electrons. The van der Waals surface area contributed by atoms with Gasteiger partial charge in [0.15, 0.2) is 0 Å². The minimum atomic E-state index is -1.05. The molecule has 1 fully saturated rings. The van der Waals surface area contributed by atoms with Gasteiger partial charge in [-0.25, -0.2) is 4.79 Å². The Balaban J connectivity index is 2.02. The van der Waals surface area contributed by atoms with Crippen LogP contribution >= 0.6 is 0 Å². The van der Waals surface area contributed by atoms with Crippen LogP contribution in [0.25, 0.3) is 0 Å². The van der Waals surface area contributed by atoms with E-state index in [4.69, 9.17) is 4.74 Å². The first-order valence-corrected chi connectivity index (χ1v) is 7.76. The van der Waals surface area contributed by atoms with Gasteiger partial charge in [-0.1, -0.05) is 24.0 Å². The number of alkyl carbamates (subject to hydrolysis) is 1. The molecule has 2 atom stereocenters. The maximum atomic E-state index is 11.5. The number of carbonyl (C=O) groups is 1. The van der Waals surface area contributed by atoms with Crippen molar-refractivity contribution < 1.29 is 14.6 Å². The lowest BCUT2D eigenvalue weighted by atomic mass is 9.82. The Bertz CT molecular complexity index is 587. The standard InChI is InChI=1S/C18H23NO3/c1-3-22-17(20)19-16-8-5-10-18(21,13-16)11-9-15-7-4-6-14(2)12-15/h4,6-7,12,16,21H,3,5,8,10,13H2,1-2H3,(H,19,20)/t16-,18+/m1/s1. The molecule has 0 aromatic heterocycles. The predicted octanol–water partition coefficient (Wildman–Crippen LogP) is 2.77. The molecule has 1 aliphatic rings. The number of nitrogens with one attached hydrogen (secondary N) is 1. The molecule has 2 rings (SSSR count). The van der Waals surface area contributed by atoms with E-state index in [1.807, 2.05) is 31.2 Å². The number of benzene rings is 1. The van der Waals surface area contributed by atoms with Gasteiger partial charge >= 0.3 is 6.09 Å². The third-order valence-corrected chi connectivity index (χ3v) is 3.78. The van der Waals surface area contributed by atoms with E-state index in [2.05, 4.69) is 17.2 Å². The molecule has 0 bridgehead atoms. The summed E-state index contributed by atoms with van der Waals surface area (Å²) < 4.78 is 4.89. The number of aliphatic hydroxyl groups is 1. The highest BCUT2D eigenvalue weighted by Crippen LogP contribution is 2.28. The summed E-state index contributed by atoms with van der Waals surface area (Å²) in [5.41, 5.74) is 0.991. The molecule has 0 saturated heterocycles. The molecule has 1 aromatic carbocycles. The average molecular weight is 301 g/mol. The zero-order valence-electron chi connectivity index (χ0n) is 13.2. The number of hydrogen-bond donors (Lipinski definition) is 2. The molecule has 0 heterocycles. The highest BCUT2D eigenvalue weighted by atomic mass is 16.5. The zero-order valence-corrected chi connectivity index (χ0v) is 13.2. The molecule has 1 aliphatic carbocycles. The molecular formula is C18H23NO3. The second-order valence-corrected chi connectivity index (χ2v) is 5.81. The van der Waals surface area contributed by atoms with E-state index in [0.717, 1.165) is 24.0 Å². The molecule has 22 heavy (non-hydrogen) atoms. The van der Waals surface area contributed by atoms with E-state index in [1.165, 1.54) is 0 Å². The number of amides is 1. The molecule has 0 spiro atoms. The van der Waals surface area contributed by atoms with E-state index in [0.29, 0.717) is 19.4 Å². The van der Waals surface area contributed by atoms with Crippen LogP contribution in [0, 0.1) is 18.8 Å². The van der Waals surface area contributed by atoms with Crippen LogP contribution in [0.3, 0.4) is 0 Å². The lowest BCUT2D eigenvalue weighted by Crippen LogP contribution is -2.45. The van der Waals surface area contributed by atoms with Gasteiger partial charge in [0.1, 0.15) is 5.60 Å². The Morgan fingerprint density at radius 2 is 2.36 bits per heavy atom. The van der Waals surface area contributed by atoms with Gasteiger partial charge in [-0.15, -0.1) is 0 Å². The molecule has 1 saturated carbocycles. The fourth-order valence-corrected chi connectivity index (χ4v) is 2.74. The van der Waals surface area contributed by atoms with E-state index in [1.54, 1.807) is 6.92 Å². The molecule has 2 N–H and O–H groups in total. The van der Waals surface area contributed by atoms with Gasteiger partial charge in [0, 0.05) is 18.0 Å². The molecule has 0 unspecified atom stereocenters. The van der Waals surface area contributed by atoms with E-state index >= 15 is 0 Å². The third-order valence-electron chi connectivity index (χ3n) is 3.78. The quantitative estimate of drug-likeness (QED) is 0.826. The molecule has 0 aliphatic heterocycles. The summed E-state index contributed by atoms with van der Waals surface area (Å²) in [6.45, 7) is 4.12. The summed E-state index contributed by atoms with van der Waals surface area (Å²) in [7, 11) is 0. The fourth-order valence-electron chi connectivity index (χ4n) is 2.74. The minimum Gasteiger partial charge on any atom is -0.450 e. The lowest BCUT2D eigenvalue weighted by Gasteiger charge is -2.33. The SMILES string of the molecule is CCOC(=O)N[C@@H]1CCC[C@](O)(C#Cc2cccc(C)c2)C1. The Hall–Kier alpha value is -1.99. The minimum absolute atomic E-state index is 0.0930. The Morgan fingerprint density at radius 3 is 3.09 bits per heavy atom. The van der Waals surface area contributed by atoms with Gasteiger partial charge in [0.2, 0.25) is 0 Å². The van der Waals surface area contributed by atoms with Crippen molar-refractivity contribution in [2.45, 2.75) is 51.2 Å². The Labute approximate surface area is 131 Å². The maximum absolute atomic E-state index is 11.5. The summed E-state index contributed by atoms with van der Waals surface area (Å²) in [6.07, 6.45) is 2.31. The number of rotatable bonds is 2. The lowest BCUT2D eigenvalue weighted by molar-refractivity contribution is 0.0455. The third kappa shape index (κ3) is 4.78. The van der Waals surface area contributed by atoms with Crippen LogP contribution in [-0.4, -0.2) is 29.4 Å². The highest BCUT2D eigenvalue weighted by Gasteiger charge is 2.33. The molecule has 4 heteroatoms. The van der Waals surface area contributed by atoms with Crippen molar-refractivity contribution in [1.29, 1.82) is 0 Å². The van der Waals surface area contributed by atoms with Gasteiger partial charge in [-0.2, -0.15) is 0 Å². The number of carbonyl (C=O) groups excluding carboxylic acids is 1. The van der Waals surface area contributed by atoms with Gasteiger partial charge in [-0.05, 0) is 50.8 Å². The monoisotopic (exact) mass is 301 g/mol. The van der Waals surface area contributed by atoms with Crippen molar-refractivity contribution in [3.8, 4) is 11.8 Å². The van der Waals surface area contributed by atoms with Crippen LogP contribution in [0.4, 0.5) is 4.79 Å². The van der Waals surface area contributed by atoms with Crippen LogP contribution in [0.15, 0.2) is 24.3 Å². The number of aryl methyl sites for hydroxylation is 1. The smallest absolute Gasteiger partial charge is 0.407 e. The summed E-state index contributed by atoms with van der Waals surface area (Å²) in [4.78, 5) is 11.5. The van der Waals surface area contributed by atoms with Crippen molar-refractivity contribution in [2.24, 2.45) is 0 Å². The number of hydrogen-bond acceptors (Lipinski definition) is 3. The second kappa shape index (κ2) is 7.33. The van der Waals surface area contributed by atoms with Crippen molar-refractivity contribution in [3.63, 3.8) is 0 Å². The average Bonchev–Trinajstić information content (AvgIpc) is 2.46. The fraction of sp³-hybridized carbons (Fsp3) is 0.500. The van der Waals surface area contributed by atoms with Crippen molar-refractivity contribution in [1.82, 2.24) is 5.32 Å². The van der Waals surface area contributed by atoms with E-state index < -0.39 is 11.7 Å². The number of ether oxygens (including phenoxy) is 1. The maximum Gasteiger partial charge on any atom is 0.407 e.